The van der Waals surface area contributed by atoms with Crippen LogP contribution in [0, 0.1) is 54.9 Å². The van der Waals surface area contributed by atoms with Gasteiger partial charge < -0.3 is 29.8 Å². The third-order valence-electron chi connectivity index (χ3n) is 0.686. The predicted molar refractivity (Wildman–Crippen MR) is 24.4 cm³/mol. The van der Waals surface area contributed by atoms with Crippen molar-refractivity contribution in [3.05, 3.63) is 24.0 Å². The molecule has 49 valence electrons. The van der Waals surface area contributed by atoms with Crippen molar-refractivity contribution < 1.29 is 66.6 Å². The van der Waals surface area contributed by atoms with Crippen molar-refractivity contribution in [2.45, 2.75) is 6.92 Å². The van der Waals surface area contributed by atoms with Gasteiger partial charge in [-0.05, 0) is 0 Å². The summed E-state index contributed by atoms with van der Waals surface area (Å²) in [5.41, 5.74) is 1.16. The number of halogens is 2. The fraction of sp³-hybridized carbons (Fsp3) is 0.200. The molecule has 4 heteroatoms. The van der Waals surface area contributed by atoms with Gasteiger partial charge in [-0.25, -0.2) is 0 Å². The molecule has 0 unspecified atom stereocenters. The second-order valence-electron chi connectivity index (χ2n) is 1.29. The summed E-state index contributed by atoms with van der Waals surface area (Å²) in [6.07, 6.45) is 4.73. The molecular weight excluding hydrogens is 285 g/mol. The van der Waals surface area contributed by atoms with Gasteiger partial charge in [0.25, 0.3) is 0 Å². The quantitative estimate of drug-likeness (QED) is 0.462. The van der Waals surface area contributed by atoms with Crippen molar-refractivity contribution in [1.82, 2.24) is 4.98 Å². The van der Waals surface area contributed by atoms with Crippen molar-refractivity contribution in [1.29, 1.82) is 0 Å². The average Bonchev–Trinajstić information content (AvgIpc) is 1.86. The van der Waals surface area contributed by atoms with Gasteiger partial charge in [0.1, 0.15) is 0 Å². The molecule has 0 amide bonds. The van der Waals surface area contributed by atoms with Crippen molar-refractivity contribution in [2.75, 3.05) is 0 Å². The minimum atomic E-state index is 0. The summed E-state index contributed by atoms with van der Waals surface area (Å²) in [6.45, 7) is 2.00. The normalized spacial score (nSPS) is 5.89. The Labute approximate surface area is 101 Å². The maximum Gasteiger partial charge on any atom is 3.00 e. The minimum absolute atomic E-state index is 0. The summed E-state index contributed by atoms with van der Waals surface area (Å²) in [7, 11) is 0. The molecule has 0 aliphatic heterocycles. The van der Waals surface area contributed by atoms with Crippen LogP contribution in [-0.2, 0) is 0 Å². The molecule has 1 nitrogen and oxygen atoms in total. The Morgan fingerprint density at radius 3 is 2.11 bits per heavy atom. The van der Waals surface area contributed by atoms with Crippen LogP contribution < -0.4 is 24.8 Å². The first-order chi connectivity index (χ1) is 2.89. The van der Waals surface area contributed by atoms with E-state index in [1.54, 1.807) is 0 Å². The maximum absolute atomic E-state index is 2.88. The van der Waals surface area contributed by atoms with E-state index < -0.39 is 0 Å². The van der Waals surface area contributed by atoms with Gasteiger partial charge in [-0.2, -0.15) is 17.8 Å². The second kappa shape index (κ2) is 9.24. The van der Waals surface area contributed by atoms with Crippen molar-refractivity contribution >= 4 is 0 Å². The van der Waals surface area contributed by atoms with E-state index >= 15 is 0 Å². The summed E-state index contributed by atoms with van der Waals surface area (Å²) >= 11 is 0. The molecule has 0 saturated heterocycles. The Bertz CT molecular complexity index is 119. The maximum atomic E-state index is 2.88. The van der Waals surface area contributed by atoms with Gasteiger partial charge in [0.2, 0.25) is 0 Å². The van der Waals surface area contributed by atoms with Crippen LogP contribution in [0.3, 0.4) is 0 Å². The smallest absolute Gasteiger partial charge is 1.00 e. The topological polar surface area (TPSA) is 15.8 Å². The molecule has 9 heavy (non-hydrogen) atoms. The van der Waals surface area contributed by atoms with Crippen LogP contribution >= 0.6 is 0 Å². The molecule has 0 saturated carbocycles. The molecule has 0 aliphatic rings. The van der Waals surface area contributed by atoms with E-state index in [9.17, 15) is 0 Å². The third kappa shape index (κ3) is 7.13. The number of aromatic amines is 1. The Morgan fingerprint density at radius 1 is 1.44 bits per heavy atom. The van der Waals surface area contributed by atoms with E-state index in [1.165, 1.54) is 0 Å². The number of hydrogen-bond acceptors (Lipinski definition) is 0. The zero-order valence-electron chi connectivity index (χ0n) is 4.91. The van der Waals surface area contributed by atoms with Crippen molar-refractivity contribution in [3.63, 3.8) is 0 Å². The van der Waals surface area contributed by atoms with Gasteiger partial charge in [0, 0.05) is 0 Å². The molecule has 1 heterocycles. The summed E-state index contributed by atoms with van der Waals surface area (Å²) in [5, 5.41) is 0. The van der Waals surface area contributed by atoms with E-state index in [4.69, 9.17) is 0 Å². The number of rotatable bonds is 0. The first-order valence-electron chi connectivity index (χ1n) is 1.91. The predicted octanol–water partition coefficient (Wildman–Crippen LogP) is -4.87. The second-order valence-corrected chi connectivity index (χ2v) is 1.29. The fourth-order valence-electron chi connectivity index (χ4n) is 0.364. The number of hydrogen-bond donors (Lipinski definition) is 1. The first-order valence-corrected chi connectivity index (χ1v) is 1.91. The van der Waals surface area contributed by atoms with E-state index in [0.717, 1.165) is 5.56 Å². The van der Waals surface area contributed by atoms with Gasteiger partial charge >= 0.3 is 41.7 Å². The van der Waals surface area contributed by atoms with Crippen LogP contribution in [0.15, 0.2) is 12.3 Å². The van der Waals surface area contributed by atoms with Crippen LogP contribution in [0.25, 0.3) is 0 Å². The SMILES string of the molecule is Cc1[c-][nH]cc1.[Ce+3].[Cl-].[Cl-]. The largest absolute Gasteiger partial charge is 3.00 e. The summed E-state index contributed by atoms with van der Waals surface area (Å²) in [6, 6.07) is 1.97. The molecule has 0 atom stereocenters. The molecule has 0 spiro atoms. The Balaban J connectivity index is -0.000000120. The molecular formula is C5H6CeCl2N. The molecule has 1 aromatic rings. The molecule has 0 aromatic carbocycles. The number of nitrogens with one attached hydrogen (secondary N) is 1. The summed E-state index contributed by atoms with van der Waals surface area (Å²) in [4.78, 5) is 2.80. The number of aryl methyl sites for hydroxylation is 1. The minimum Gasteiger partial charge on any atom is -1.00 e. The van der Waals surface area contributed by atoms with Crippen molar-refractivity contribution in [2.24, 2.45) is 0 Å². The standard InChI is InChI=1S/C5H6N.Ce.2ClH/c1-5-2-3-6-4-5;;;/h2-3,6H,1H3;;2*1H/q-1;+3;;/p-2. The van der Waals surface area contributed by atoms with Gasteiger partial charge in [-0.15, -0.1) is 6.20 Å². The number of aromatic nitrogens is 1. The monoisotopic (exact) mass is 290 g/mol. The van der Waals surface area contributed by atoms with E-state index in [-0.39, 0.29) is 66.6 Å². The molecule has 1 radical (unpaired) electrons. The van der Waals surface area contributed by atoms with E-state index in [1.807, 2.05) is 19.2 Å². The third-order valence-corrected chi connectivity index (χ3v) is 0.686. The van der Waals surface area contributed by atoms with Crippen molar-refractivity contribution in [3.8, 4) is 0 Å². The van der Waals surface area contributed by atoms with Gasteiger partial charge in [-0.1, -0.05) is 6.92 Å². The fourth-order valence-corrected chi connectivity index (χ4v) is 0.364. The summed E-state index contributed by atoms with van der Waals surface area (Å²) < 4.78 is 0. The zero-order valence-corrected chi connectivity index (χ0v) is 9.56. The molecule has 1 rings (SSSR count). The Morgan fingerprint density at radius 2 is 2.00 bits per heavy atom. The summed E-state index contributed by atoms with van der Waals surface area (Å²) in [5.74, 6) is 0. The Hall–Kier alpha value is 1.24. The van der Waals surface area contributed by atoms with Gasteiger partial charge in [0.15, 0.2) is 0 Å². The molecule has 1 aromatic heterocycles. The van der Waals surface area contributed by atoms with E-state index in [2.05, 4.69) is 11.2 Å². The molecule has 1 N–H and O–H groups in total. The van der Waals surface area contributed by atoms with Crippen LogP contribution in [0.4, 0.5) is 0 Å². The zero-order chi connectivity index (χ0) is 4.41. The van der Waals surface area contributed by atoms with Gasteiger partial charge in [0.05, 0.1) is 0 Å². The van der Waals surface area contributed by atoms with E-state index in [0.29, 0.717) is 0 Å². The van der Waals surface area contributed by atoms with Crippen LogP contribution in [0.1, 0.15) is 5.56 Å². The van der Waals surface area contributed by atoms with Gasteiger partial charge in [-0.3, -0.25) is 0 Å². The molecule has 0 fully saturated rings. The average molecular weight is 291 g/mol. The number of H-pyrrole nitrogens is 1. The van der Waals surface area contributed by atoms with Crippen LogP contribution in [0.2, 0.25) is 0 Å². The molecule has 0 aliphatic carbocycles. The first kappa shape index (κ1) is 16.7. The van der Waals surface area contributed by atoms with Crippen LogP contribution in [-0.4, -0.2) is 4.98 Å². The molecule has 0 bridgehead atoms. The van der Waals surface area contributed by atoms with Crippen LogP contribution in [0.5, 0.6) is 0 Å². The Kier molecular flexibility index (Phi) is 17.1.